The Morgan fingerprint density at radius 3 is 2.74 bits per heavy atom. The van der Waals surface area contributed by atoms with Gasteiger partial charge in [-0.25, -0.2) is 9.78 Å². The highest BCUT2D eigenvalue weighted by Gasteiger charge is 2.15. The third-order valence-electron chi connectivity index (χ3n) is 3.74. The molecule has 3 rings (SSSR count). The van der Waals surface area contributed by atoms with Crippen LogP contribution in [0, 0.1) is 0 Å². The maximum absolute atomic E-state index is 12.1. The number of hydrogen-bond donors (Lipinski definition) is 2. The fraction of sp³-hybridized carbons (Fsp3) is 0.267. The number of imidazole rings is 1. The van der Waals surface area contributed by atoms with Crippen molar-refractivity contribution in [1.82, 2.24) is 19.1 Å². The van der Waals surface area contributed by atoms with E-state index in [4.69, 9.17) is 0 Å². The van der Waals surface area contributed by atoms with E-state index in [9.17, 15) is 9.59 Å². The highest BCUT2D eigenvalue weighted by atomic mass is 79.9. The molecule has 3 N–H and O–H groups in total. The summed E-state index contributed by atoms with van der Waals surface area (Å²) in [5, 5.41) is 2.17. The molecular formula is C15H17BrN5O2+. The van der Waals surface area contributed by atoms with Crippen LogP contribution in [0.1, 0.15) is 5.56 Å². The van der Waals surface area contributed by atoms with Crippen LogP contribution in [0.3, 0.4) is 0 Å². The fourth-order valence-electron chi connectivity index (χ4n) is 2.52. The SMILES string of the molecule is Cn1c(=O)[nH]c(=O)c2c1nc(Br)n2CC[NH2+]Cc1ccccc1. The van der Waals surface area contributed by atoms with Gasteiger partial charge in [0.25, 0.3) is 5.56 Å². The lowest BCUT2D eigenvalue weighted by molar-refractivity contribution is -0.671. The quantitative estimate of drug-likeness (QED) is 0.481. The lowest BCUT2D eigenvalue weighted by Gasteiger charge is -2.05. The van der Waals surface area contributed by atoms with Crippen molar-refractivity contribution in [3.8, 4) is 0 Å². The van der Waals surface area contributed by atoms with Crippen molar-refractivity contribution >= 4 is 27.1 Å². The Balaban J connectivity index is 1.78. The Morgan fingerprint density at radius 2 is 2.00 bits per heavy atom. The number of nitrogens with one attached hydrogen (secondary N) is 1. The summed E-state index contributed by atoms with van der Waals surface area (Å²) >= 11 is 3.37. The summed E-state index contributed by atoms with van der Waals surface area (Å²) in [4.78, 5) is 30.3. The predicted octanol–water partition coefficient (Wildman–Crippen LogP) is -0.0506. The molecule has 0 aliphatic rings. The summed E-state index contributed by atoms with van der Waals surface area (Å²) in [6, 6.07) is 10.2. The zero-order valence-electron chi connectivity index (χ0n) is 12.6. The molecule has 0 aliphatic heterocycles. The van der Waals surface area contributed by atoms with Crippen molar-refractivity contribution < 1.29 is 5.32 Å². The van der Waals surface area contributed by atoms with Crippen LogP contribution >= 0.6 is 15.9 Å². The molecule has 0 atom stereocenters. The van der Waals surface area contributed by atoms with Crippen molar-refractivity contribution in [3.63, 3.8) is 0 Å². The summed E-state index contributed by atoms with van der Waals surface area (Å²) in [5.41, 5.74) is 1.17. The lowest BCUT2D eigenvalue weighted by Crippen LogP contribution is -2.83. The van der Waals surface area contributed by atoms with Crippen molar-refractivity contribution in [3.05, 3.63) is 61.5 Å². The molecular weight excluding hydrogens is 362 g/mol. The van der Waals surface area contributed by atoms with Gasteiger partial charge < -0.3 is 9.88 Å². The van der Waals surface area contributed by atoms with Gasteiger partial charge in [0, 0.05) is 12.6 Å². The number of rotatable bonds is 5. The third kappa shape index (κ3) is 3.13. The molecule has 0 fully saturated rings. The Labute approximate surface area is 140 Å². The normalized spacial score (nSPS) is 11.2. The molecule has 0 amide bonds. The van der Waals surface area contributed by atoms with Gasteiger partial charge in [-0.15, -0.1) is 0 Å². The largest absolute Gasteiger partial charge is 0.341 e. The van der Waals surface area contributed by atoms with E-state index >= 15 is 0 Å². The Morgan fingerprint density at radius 1 is 1.26 bits per heavy atom. The third-order valence-corrected chi connectivity index (χ3v) is 4.35. The number of aryl methyl sites for hydroxylation is 1. The topological polar surface area (TPSA) is 89.3 Å². The van der Waals surface area contributed by atoms with Crippen LogP contribution in [-0.4, -0.2) is 25.6 Å². The van der Waals surface area contributed by atoms with Gasteiger partial charge in [-0.05, 0) is 15.9 Å². The van der Waals surface area contributed by atoms with Gasteiger partial charge in [-0.2, -0.15) is 0 Å². The van der Waals surface area contributed by atoms with E-state index in [-0.39, 0.29) is 0 Å². The number of nitrogens with zero attached hydrogens (tertiary/aromatic N) is 3. The minimum Gasteiger partial charge on any atom is -0.341 e. The predicted molar refractivity (Wildman–Crippen MR) is 90.2 cm³/mol. The molecule has 7 nitrogen and oxygen atoms in total. The molecule has 8 heteroatoms. The first-order chi connectivity index (χ1) is 11.1. The highest BCUT2D eigenvalue weighted by Crippen LogP contribution is 2.15. The van der Waals surface area contributed by atoms with Gasteiger partial charge in [0.1, 0.15) is 6.54 Å². The Kier molecular flexibility index (Phi) is 4.44. The average molecular weight is 379 g/mol. The first kappa shape index (κ1) is 15.7. The number of nitrogens with two attached hydrogens (primary N) is 1. The van der Waals surface area contributed by atoms with Crippen LogP contribution in [0.5, 0.6) is 0 Å². The summed E-state index contributed by atoms with van der Waals surface area (Å²) < 4.78 is 3.67. The number of aromatic amines is 1. The molecule has 0 bridgehead atoms. The van der Waals surface area contributed by atoms with Crippen molar-refractivity contribution in [1.29, 1.82) is 0 Å². The highest BCUT2D eigenvalue weighted by molar-refractivity contribution is 9.10. The molecule has 0 radical (unpaired) electrons. The van der Waals surface area contributed by atoms with Gasteiger partial charge in [0.2, 0.25) is 0 Å². The Hall–Kier alpha value is -2.19. The summed E-state index contributed by atoms with van der Waals surface area (Å²) in [7, 11) is 1.59. The van der Waals surface area contributed by atoms with Crippen LogP contribution in [0.25, 0.3) is 11.2 Å². The zero-order valence-corrected chi connectivity index (χ0v) is 14.2. The number of H-pyrrole nitrogens is 1. The number of aromatic nitrogens is 4. The second kappa shape index (κ2) is 6.51. The summed E-state index contributed by atoms with van der Waals surface area (Å²) in [6.45, 7) is 2.28. The van der Waals surface area contributed by atoms with Crippen LogP contribution in [0.4, 0.5) is 0 Å². The lowest BCUT2D eigenvalue weighted by atomic mass is 10.2. The maximum atomic E-state index is 12.1. The number of fused-ring (bicyclic) bond motifs is 1. The van der Waals surface area contributed by atoms with Gasteiger partial charge in [0.05, 0.1) is 13.1 Å². The summed E-state index contributed by atoms with van der Waals surface area (Å²) in [6.07, 6.45) is 0. The molecule has 0 saturated carbocycles. The van der Waals surface area contributed by atoms with Crippen LogP contribution in [-0.2, 0) is 20.1 Å². The molecule has 23 heavy (non-hydrogen) atoms. The number of quaternary nitrogens is 1. The smallest absolute Gasteiger partial charge is 0.329 e. The standard InChI is InChI=1S/C15H16BrN5O2/c1-20-12-11(13(22)19-15(20)23)21(14(16)18-12)8-7-17-9-10-5-3-2-4-6-10/h2-6,17H,7-9H2,1H3,(H,19,22,23)/p+1. The molecule has 0 spiro atoms. The number of hydrogen-bond acceptors (Lipinski definition) is 3. The molecule has 3 aromatic rings. The van der Waals surface area contributed by atoms with E-state index in [0.717, 1.165) is 13.1 Å². The molecule has 2 heterocycles. The second-order valence-corrected chi connectivity index (χ2v) is 6.00. The van der Waals surface area contributed by atoms with E-state index < -0.39 is 11.2 Å². The van der Waals surface area contributed by atoms with E-state index in [0.29, 0.717) is 22.4 Å². The second-order valence-electron chi connectivity index (χ2n) is 5.29. The zero-order chi connectivity index (χ0) is 16.4. The molecule has 0 aliphatic carbocycles. The van der Waals surface area contributed by atoms with Crippen molar-refractivity contribution in [2.24, 2.45) is 7.05 Å². The van der Waals surface area contributed by atoms with E-state index in [2.05, 4.69) is 43.3 Å². The number of benzene rings is 1. The minimum absolute atomic E-state index is 0.383. The van der Waals surface area contributed by atoms with E-state index in [1.165, 1.54) is 10.1 Å². The van der Waals surface area contributed by atoms with Crippen LogP contribution in [0.2, 0.25) is 0 Å². The van der Waals surface area contributed by atoms with Crippen molar-refractivity contribution in [2.45, 2.75) is 13.1 Å². The van der Waals surface area contributed by atoms with Gasteiger partial charge in [0.15, 0.2) is 15.9 Å². The maximum Gasteiger partial charge on any atom is 0.329 e. The molecule has 0 unspecified atom stereocenters. The first-order valence-electron chi connectivity index (χ1n) is 7.28. The summed E-state index contributed by atoms with van der Waals surface area (Å²) in [5.74, 6) is 0. The van der Waals surface area contributed by atoms with Crippen LogP contribution < -0.4 is 16.6 Å². The molecule has 120 valence electrons. The first-order valence-corrected chi connectivity index (χ1v) is 8.08. The molecule has 1 aromatic carbocycles. The minimum atomic E-state index is -0.463. The van der Waals surface area contributed by atoms with Gasteiger partial charge in [-0.3, -0.25) is 14.3 Å². The molecule has 0 saturated heterocycles. The van der Waals surface area contributed by atoms with Crippen molar-refractivity contribution in [2.75, 3.05) is 6.54 Å². The van der Waals surface area contributed by atoms with Crippen LogP contribution in [0.15, 0.2) is 44.7 Å². The monoisotopic (exact) mass is 378 g/mol. The molecule has 2 aromatic heterocycles. The number of halogens is 1. The van der Waals surface area contributed by atoms with E-state index in [1.807, 2.05) is 18.2 Å². The fourth-order valence-corrected chi connectivity index (χ4v) is 3.04. The van der Waals surface area contributed by atoms with Gasteiger partial charge >= 0.3 is 5.69 Å². The van der Waals surface area contributed by atoms with E-state index in [1.54, 1.807) is 11.6 Å². The van der Waals surface area contributed by atoms with Gasteiger partial charge in [-0.1, -0.05) is 30.3 Å². The Bertz CT molecular complexity index is 942. The average Bonchev–Trinajstić information content (AvgIpc) is 2.88.